The van der Waals surface area contributed by atoms with Crippen molar-refractivity contribution in [3.05, 3.63) is 51.7 Å². The molecule has 2 amide bonds. The maximum absolute atomic E-state index is 13.9. The van der Waals surface area contributed by atoms with Crippen molar-refractivity contribution in [1.29, 1.82) is 5.41 Å². The van der Waals surface area contributed by atoms with Gasteiger partial charge >= 0.3 is 0 Å². The van der Waals surface area contributed by atoms with Gasteiger partial charge < -0.3 is 25.7 Å². The average Bonchev–Trinajstić information content (AvgIpc) is 3.11. The molecule has 1 aromatic carbocycles. The van der Waals surface area contributed by atoms with E-state index in [0.717, 1.165) is 5.70 Å². The molecule has 174 valence electrons. The highest BCUT2D eigenvalue weighted by Crippen LogP contribution is 2.31. The summed E-state index contributed by atoms with van der Waals surface area (Å²) in [4.78, 5) is 30.4. The first-order valence-electron chi connectivity index (χ1n) is 10.6. The second-order valence-corrected chi connectivity index (χ2v) is 8.86. The molecule has 0 radical (unpaired) electrons. The van der Waals surface area contributed by atoms with Gasteiger partial charge in [0.05, 0.1) is 35.1 Å². The molecule has 33 heavy (non-hydrogen) atoms. The lowest BCUT2D eigenvalue weighted by atomic mass is 9.89. The summed E-state index contributed by atoms with van der Waals surface area (Å²) in [5.74, 6) is -0.309. The Hall–Kier alpha value is -3.20. The van der Waals surface area contributed by atoms with Crippen LogP contribution >= 0.6 is 11.6 Å². The van der Waals surface area contributed by atoms with Gasteiger partial charge in [-0.3, -0.25) is 9.59 Å². The van der Waals surface area contributed by atoms with E-state index in [1.165, 1.54) is 30.0 Å². The van der Waals surface area contributed by atoms with Gasteiger partial charge in [-0.1, -0.05) is 11.6 Å². The van der Waals surface area contributed by atoms with Crippen molar-refractivity contribution in [3.8, 4) is 5.75 Å². The van der Waals surface area contributed by atoms with Crippen LogP contribution in [0.1, 0.15) is 44.0 Å². The van der Waals surface area contributed by atoms with Crippen molar-refractivity contribution in [2.75, 3.05) is 13.1 Å². The molecule has 2 aliphatic heterocycles. The smallest absolute Gasteiger partial charge is 0.258 e. The van der Waals surface area contributed by atoms with E-state index >= 15 is 0 Å². The fourth-order valence-corrected chi connectivity index (χ4v) is 4.16. The molecule has 1 aliphatic carbocycles. The monoisotopic (exact) mass is 473 g/mol. The lowest BCUT2D eigenvalue weighted by Gasteiger charge is -2.36. The number of hydrogen-bond donors (Lipinski definition) is 3. The summed E-state index contributed by atoms with van der Waals surface area (Å²) in [6.45, 7) is 5.35. The molecule has 3 N–H and O–H groups in total. The molecule has 0 spiro atoms. The molecular weight excluding hydrogens is 449 g/mol. The van der Waals surface area contributed by atoms with Gasteiger partial charge in [-0.05, 0) is 26.0 Å². The second-order valence-electron chi connectivity index (χ2n) is 8.48. The average molecular weight is 474 g/mol. The fraction of sp³-hybridized carbons (Fsp3) is 0.391. The van der Waals surface area contributed by atoms with Crippen LogP contribution in [0.25, 0.3) is 0 Å². The molecule has 1 saturated heterocycles. The van der Waals surface area contributed by atoms with Gasteiger partial charge in [0.25, 0.3) is 5.91 Å². The summed E-state index contributed by atoms with van der Waals surface area (Å²) in [6, 6.07) is 3.84. The highest BCUT2D eigenvalue weighted by atomic mass is 35.5. The highest BCUT2D eigenvalue weighted by molar-refractivity contribution is 6.43. The number of hydrogen-bond acceptors (Lipinski definition) is 6. The van der Waals surface area contributed by atoms with Crippen LogP contribution in [-0.4, -0.2) is 53.4 Å². The number of nitrogens with zero attached hydrogens (tertiary/aromatic N) is 2. The Morgan fingerprint density at radius 3 is 2.70 bits per heavy atom. The van der Waals surface area contributed by atoms with Crippen LogP contribution in [0.4, 0.5) is 4.39 Å². The molecule has 4 rings (SSSR count). The lowest BCUT2D eigenvalue weighted by Crippen LogP contribution is -2.48. The summed E-state index contributed by atoms with van der Waals surface area (Å²) < 4.78 is 19.8. The van der Waals surface area contributed by atoms with E-state index in [1.807, 2.05) is 6.92 Å². The largest absolute Gasteiger partial charge is 0.489 e. The van der Waals surface area contributed by atoms with E-state index in [9.17, 15) is 14.0 Å². The van der Waals surface area contributed by atoms with E-state index < -0.39 is 5.82 Å². The standard InChI is InChI=1S/C23H25ClFN5O3/c1-11-21(24)12(2)28-22(27-11)18-9-30(10-19(18)26)23(32)17-5-4-14(25)6-20(17)33-16-7-15(8-16)29-13(3)31/h4-6,15-16,26-27H,7-10H2,1-3H3,(H,29,31)/b22-18+,26-19?. The number of carbonyl (C=O) groups is 2. The topological polar surface area (TPSA) is 107 Å². The minimum Gasteiger partial charge on any atom is -0.489 e. The normalized spacial score (nSPS) is 24.8. The molecule has 1 saturated carbocycles. The first-order chi connectivity index (χ1) is 15.6. The zero-order valence-corrected chi connectivity index (χ0v) is 19.3. The zero-order valence-electron chi connectivity index (χ0n) is 18.6. The zero-order chi connectivity index (χ0) is 23.9. The third-order valence-electron chi connectivity index (χ3n) is 5.84. The van der Waals surface area contributed by atoms with Gasteiger partial charge in [0.1, 0.15) is 23.5 Å². The summed E-state index contributed by atoms with van der Waals surface area (Å²) in [6.07, 6.45) is 0.965. The predicted octanol–water partition coefficient (Wildman–Crippen LogP) is 3.09. The summed E-state index contributed by atoms with van der Waals surface area (Å²) >= 11 is 6.19. The summed E-state index contributed by atoms with van der Waals surface area (Å²) in [7, 11) is 0. The number of nitrogens with one attached hydrogen (secondary N) is 3. The van der Waals surface area contributed by atoms with Gasteiger partial charge in [0.2, 0.25) is 5.91 Å². The van der Waals surface area contributed by atoms with Crippen molar-refractivity contribution < 1.29 is 18.7 Å². The van der Waals surface area contributed by atoms with Crippen LogP contribution in [0.15, 0.2) is 45.3 Å². The Labute approximate surface area is 196 Å². The molecule has 0 bridgehead atoms. The Bertz CT molecular complexity index is 1140. The highest BCUT2D eigenvalue weighted by Gasteiger charge is 2.35. The van der Waals surface area contributed by atoms with Crippen molar-refractivity contribution in [1.82, 2.24) is 15.5 Å². The summed E-state index contributed by atoms with van der Waals surface area (Å²) in [5, 5.41) is 14.8. The quantitative estimate of drug-likeness (QED) is 0.624. The van der Waals surface area contributed by atoms with E-state index in [0.29, 0.717) is 35.0 Å². The summed E-state index contributed by atoms with van der Waals surface area (Å²) in [5.41, 5.74) is 2.48. The van der Waals surface area contributed by atoms with Gasteiger partial charge in [0, 0.05) is 43.1 Å². The number of benzene rings is 1. The van der Waals surface area contributed by atoms with Crippen LogP contribution in [0.2, 0.25) is 0 Å². The Balaban J connectivity index is 1.51. The molecule has 10 heteroatoms. The molecule has 2 fully saturated rings. The third kappa shape index (κ3) is 4.78. The maximum atomic E-state index is 13.9. The Kier molecular flexibility index (Phi) is 6.25. The van der Waals surface area contributed by atoms with Crippen molar-refractivity contribution in [2.24, 2.45) is 4.99 Å². The van der Waals surface area contributed by atoms with E-state index in [1.54, 1.807) is 6.92 Å². The first kappa shape index (κ1) is 23.0. The molecule has 0 atom stereocenters. The van der Waals surface area contributed by atoms with Gasteiger partial charge in [-0.15, -0.1) is 0 Å². The molecule has 1 aromatic rings. The number of carbonyl (C=O) groups excluding carboxylic acids is 2. The van der Waals surface area contributed by atoms with Crippen LogP contribution in [0.3, 0.4) is 0 Å². The molecule has 3 aliphatic rings. The van der Waals surface area contributed by atoms with Crippen LogP contribution in [-0.2, 0) is 4.79 Å². The minimum absolute atomic E-state index is 0.0199. The molecular formula is C23H25ClFN5O3. The SMILES string of the molecule is CC(=O)NC1CC(Oc2cc(F)ccc2C(=O)N2CC(=N)/C(=C3/N=C(C)C(Cl)=C(C)N3)C2)C1. The number of allylic oxidation sites excluding steroid dienone is 2. The van der Waals surface area contributed by atoms with Crippen LogP contribution in [0.5, 0.6) is 5.75 Å². The number of amides is 2. The Morgan fingerprint density at radius 2 is 2.03 bits per heavy atom. The number of aliphatic imine (C=N–C) groups is 1. The van der Waals surface area contributed by atoms with E-state index in [2.05, 4.69) is 15.6 Å². The molecule has 2 heterocycles. The molecule has 0 unspecified atom stereocenters. The van der Waals surface area contributed by atoms with Crippen molar-refractivity contribution >= 4 is 34.8 Å². The fourth-order valence-electron chi connectivity index (χ4n) is 4.07. The number of likely N-dealkylation sites (tertiary alicyclic amines) is 1. The lowest BCUT2D eigenvalue weighted by molar-refractivity contribution is -0.120. The van der Waals surface area contributed by atoms with Crippen LogP contribution < -0.4 is 15.4 Å². The van der Waals surface area contributed by atoms with Crippen molar-refractivity contribution in [2.45, 2.75) is 45.8 Å². The van der Waals surface area contributed by atoms with Gasteiger partial charge in [-0.25, -0.2) is 9.38 Å². The van der Waals surface area contributed by atoms with Gasteiger partial charge in [0.15, 0.2) is 0 Å². The number of ether oxygens (including phenoxy) is 1. The molecule has 0 aromatic heterocycles. The third-order valence-corrected chi connectivity index (χ3v) is 6.39. The maximum Gasteiger partial charge on any atom is 0.258 e. The minimum atomic E-state index is -0.508. The predicted molar refractivity (Wildman–Crippen MR) is 123 cm³/mol. The van der Waals surface area contributed by atoms with Gasteiger partial charge in [-0.2, -0.15) is 0 Å². The van der Waals surface area contributed by atoms with E-state index in [-0.39, 0.29) is 54.1 Å². The first-order valence-corrected chi connectivity index (χ1v) is 11.0. The second kappa shape index (κ2) is 8.97. The van der Waals surface area contributed by atoms with E-state index in [4.69, 9.17) is 21.7 Å². The number of halogens is 2. The number of rotatable bonds is 4. The van der Waals surface area contributed by atoms with Crippen LogP contribution in [0, 0.1) is 11.2 Å². The van der Waals surface area contributed by atoms with Crippen molar-refractivity contribution in [3.63, 3.8) is 0 Å². The molecule has 8 nitrogen and oxygen atoms in total. The Morgan fingerprint density at radius 1 is 1.30 bits per heavy atom.